The summed E-state index contributed by atoms with van der Waals surface area (Å²) in [7, 11) is 0. The van der Waals surface area contributed by atoms with Gasteiger partial charge in [0.25, 0.3) is 5.56 Å². The number of ether oxygens (including phenoxy) is 2. The molecule has 0 unspecified atom stereocenters. The highest BCUT2D eigenvalue weighted by atomic mass is 32.2. The van der Waals surface area contributed by atoms with Gasteiger partial charge < -0.3 is 19.8 Å². The highest BCUT2D eigenvalue weighted by molar-refractivity contribution is 8.00. The van der Waals surface area contributed by atoms with Crippen LogP contribution in [0.4, 0.5) is 0 Å². The Labute approximate surface area is 194 Å². The molecular formula is C23H27N3O4S2. The van der Waals surface area contributed by atoms with Crippen LogP contribution >= 0.6 is 23.1 Å². The fourth-order valence-corrected chi connectivity index (χ4v) is 5.49. The van der Waals surface area contributed by atoms with Gasteiger partial charge >= 0.3 is 0 Å². The zero-order valence-corrected chi connectivity index (χ0v) is 20.2. The number of thioether (sulfide) groups is 1. The standard InChI is InChI=1S/C23H27N3O4S2/c1-5-12(2)8-16-13(3)31-22-19(16)21(28)25-23(26-22)32-14(4)20(27)24-10-15-6-7-17-18(9-15)30-11-29-17/h6-7,9,12,14H,5,8,10-11H2,1-4H3,(H,24,27)(H,25,26,28)/t12-,14-/m0/s1. The second-order valence-electron chi connectivity index (χ2n) is 8.07. The minimum absolute atomic E-state index is 0.129. The Balaban J connectivity index is 1.43. The number of nitrogens with one attached hydrogen (secondary N) is 2. The topological polar surface area (TPSA) is 93.3 Å². The lowest BCUT2D eigenvalue weighted by atomic mass is 9.98. The smallest absolute Gasteiger partial charge is 0.260 e. The molecule has 7 nitrogen and oxygen atoms in total. The van der Waals surface area contributed by atoms with E-state index in [0.29, 0.717) is 34.5 Å². The van der Waals surface area contributed by atoms with E-state index in [-0.39, 0.29) is 18.3 Å². The van der Waals surface area contributed by atoms with Crippen molar-refractivity contribution in [3.05, 3.63) is 44.6 Å². The maximum Gasteiger partial charge on any atom is 0.260 e. The van der Waals surface area contributed by atoms with Gasteiger partial charge in [-0.3, -0.25) is 9.59 Å². The molecule has 1 aliphatic heterocycles. The van der Waals surface area contributed by atoms with Crippen molar-refractivity contribution in [2.24, 2.45) is 5.92 Å². The van der Waals surface area contributed by atoms with Crippen molar-refractivity contribution in [3.8, 4) is 11.5 Å². The average Bonchev–Trinajstić information content (AvgIpc) is 3.35. The van der Waals surface area contributed by atoms with Crippen molar-refractivity contribution in [2.75, 3.05) is 6.79 Å². The normalized spacial score (nSPS) is 14.5. The van der Waals surface area contributed by atoms with Crippen LogP contribution in [0.5, 0.6) is 11.5 Å². The number of aromatic nitrogens is 2. The lowest BCUT2D eigenvalue weighted by Gasteiger charge is -2.12. The van der Waals surface area contributed by atoms with E-state index in [9.17, 15) is 9.59 Å². The molecular weight excluding hydrogens is 446 g/mol. The molecule has 0 fully saturated rings. The number of nitrogens with zero attached hydrogens (tertiary/aromatic N) is 1. The number of rotatable bonds is 8. The summed E-state index contributed by atoms with van der Waals surface area (Å²) in [6.07, 6.45) is 1.94. The van der Waals surface area contributed by atoms with Crippen LogP contribution in [0.1, 0.15) is 43.2 Å². The van der Waals surface area contributed by atoms with E-state index < -0.39 is 5.25 Å². The lowest BCUT2D eigenvalue weighted by molar-refractivity contribution is -0.120. The maximum absolute atomic E-state index is 12.8. The minimum Gasteiger partial charge on any atom is -0.454 e. The first-order valence-electron chi connectivity index (χ1n) is 10.7. The van der Waals surface area contributed by atoms with E-state index in [2.05, 4.69) is 29.1 Å². The third kappa shape index (κ3) is 4.78. The van der Waals surface area contributed by atoms with Crippen molar-refractivity contribution in [3.63, 3.8) is 0 Å². The number of fused-ring (bicyclic) bond motifs is 2. The summed E-state index contributed by atoms with van der Waals surface area (Å²) in [6.45, 7) is 8.80. The number of aryl methyl sites for hydroxylation is 1. The fourth-order valence-electron chi connectivity index (χ4n) is 3.55. The second-order valence-corrected chi connectivity index (χ2v) is 10.6. The molecule has 3 aromatic rings. The summed E-state index contributed by atoms with van der Waals surface area (Å²) < 4.78 is 10.7. The SMILES string of the molecule is CC[C@H](C)Cc1c(C)sc2nc(S[C@@H](C)C(=O)NCc3ccc4c(c3)OCO4)[nH]c(=O)c12. The van der Waals surface area contributed by atoms with Crippen LogP contribution in [0.15, 0.2) is 28.2 Å². The number of H-pyrrole nitrogens is 1. The van der Waals surface area contributed by atoms with E-state index in [1.54, 1.807) is 18.3 Å². The Morgan fingerprint density at radius 2 is 2.09 bits per heavy atom. The number of aromatic amines is 1. The summed E-state index contributed by atoms with van der Waals surface area (Å²) in [5.41, 5.74) is 1.89. The van der Waals surface area contributed by atoms with Crippen LogP contribution < -0.4 is 20.3 Å². The van der Waals surface area contributed by atoms with Gasteiger partial charge in [-0.05, 0) is 49.4 Å². The van der Waals surface area contributed by atoms with Crippen molar-refractivity contribution in [2.45, 2.75) is 57.5 Å². The lowest BCUT2D eigenvalue weighted by Crippen LogP contribution is -2.30. The summed E-state index contributed by atoms with van der Waals surface area (Å²) in [6, 6.07) is 5.60. The van der Waals surface area contributed by atoms with Crippen LogP contribution in [0, 0.1) is 12.8 Å². The number of thiophene rings is 1. The minimum atomic E-state index is -0.412. The summed E-state index contributed by atoms with van der Waals surface area (Å²) in [5, 5.41) is 3.67. The van der Waals surface area contributed by atoms with Crippen molar-refractivity contribution >= 4 is 39.2 Å². The first-order valence-corrected chi connectivity index (χ1v) is 12.4. The van der Waals surface area contributed by atoms with Crippen LogP contribution in [0.3, 0.4) is 0 Å². The largest absolute Gasteiger partial charge is 0.454 e. The van der Waals surface area contributed by atoms with Gasteiger partial charge in [-0.1, -0.05) is 38.1 Å². The Morgan fingerprint density at radius 1 is 1.31 bits per heavy atom. The molecule has 1 aliphatic rings. The van der Waals surface area contributed by atoms with E-state index in [1.165, 1.54) is 11.8 Å². The molecule has 0 spiro atoms. The van der Waals surface area contributed by atoms with Gasteiger partial charge in [0.2, 0.25) is 12.7 Å². The van der Waals surface area contributed by atoms with Gasteiger partial charge in [-0.25, -0.2) is 4.98 Å². The number of amides is 1. The quantitative estimate of drug-likeness (QED) is 0.372. The van der Waals surface area contributed by atoms with Crippen LogP contribution in [-0.4, -0.2) is 27.9 Å². The number of carbonyl (C=O) groups excluding carboxylic acids is 1. The molecule has 0 saturated carbocycles. The summed E-state index contributed by atoms with van der Waals surface area (Å²) in [4.78, 5) is 34.8. The van der Waals surface area contributed by atoms with Gasteiger partial charge in [0.1, 0.15) is 4.83 Å². The fraction of sp³-hybridized carbons (Fsp3) is 0.435. The van der Waals surface area contributed by atoms with Crippen molar-refractivity contribution in [1.82, 2.24) is 15.3 Å². The second kappa shape index (κ2) is 9.54. The molecule has 1 aromatic carbocycles. The van der Waals surface area contributed by atoms with Crippen LogP contribution in [-0.2, 0) is 17.8 Å². The molecule has 0 saturated heterocycles. The highest BCUT2D eigenvalue weighted by Crippen LogP contribution is 2.33. The molecule has 170 valence electrons. The van der Waals surface area contributed by atoms with Gasteiger partial charge in [0.15, 0.2) is 16.7 Å². The van der Waals surface area contributed by atoms with E-state index in [4.69, 9.17) is 9.47 Å². The zero-order chi connectivity index (χ0) is 22.8. The maximum atomic E-state index is 12.8. The van der Waals surface area contributed by atoms with Crippen LogP contribution in [0.2, 0.25) is 0 Å². The number of benzene rings is 1. The Morgan fingerprint density at radius 3 is 2.88 bits per heavy atom. The molecule has 0 aliphatic carbocycles. The highest BCUT2D eigenvalue weighted by Gasteiger charge is 2.20. The van der Waals surface area contributed by atoms with E-state index in [1.807, 2.05) is 25.1 Å². The first kappa shape index (κ1) is 22.7. The summed E-state index contributed by atoms with van der Waals surface area (Å²) in [5.74, 6) is 1.78. The predicted octanol–water partition coefficient (Wildman–Crippen LogP) is 4.41. The molecule has 2 aromatic heterocycles. The number of hydrogen-bond donors (Lipinski definition) is 2. The predicted molar refractivity (Wildman–Crippen MR) is 128 cm³/mol. The number of carbonyl (C=O) groups is 1. The average molecular weight is 474 g/mol. The Bertz CT molecular complexity index is 1200. The zero-order valence-electron chi connectivity index (χ0n) is 18.6. The van der Waals surface area contributed by atoms with Gasteiger partial charge in [0, 0.05) is 11.4 Å². The molecule has 1 amide bonds. The van der Waals surface area contributed by atoms with E-state index >= 15 is 0 Å². The molecule has 0 radical (unpaired) electrons. The molecule has 3 heterocycles. The van der Waals surface area contributed by atoms with Gasteiger partial charge in [-0.15, -0.1) is 11.3 Å². The molecule has 0 bridgehead atoms. The molecule has 4 rings (SSSR count). The number of hydrogen-bond acceptors (Lipinski definition) is 7. The first-order chi connectivity index (χ1) is 15.4. The van der Waals surface area contributed by atoms with Gasteiger partial charge in [0.05, 0.1) is 10.6 Å². The monoisotopic (exact) mass is 473 g/mol. The Hall–Kier alpha value is -2.52. The van der Waals surface area contributed by atoms with E-state index in [0.717, 1.165) is 33.7 Å². The van der Waals surface area contributed by atoms with Gasteiger partial charge in [-0.2, -0.15) is 0 Å². The van der Waals surface area contributed by atoms with Crippen LogP contribution in [0.25, 0.3) is 10.2 Å². The van der Waals surface area contributed by atoms with Crippen molar-refractivity contribution < 1.29 is 14.3 Å². The molecule has 32 heavy (non-hydrogen) atoms. The third-order valence-corrected chi connectivity index (χ3v) is 7.68. The van der Waals surface area contributed by atoms with Crippen molar-refractivity contribution in [1.29, 1.82) is 0 Å². The third-order valence-electron chi connectivity index (χ3n) is 5.65. The summed E-state index contributed by atoms with van der Waals surface area (Å²) >= 11 is 2.80. The molecule has 9 heteroatoms. The molecule has 2 atom stereocenters. The molecule has 2 N–H and O–H groups in total. The Kier molecular flexibility index (Phi) is 6.76.